The van der Waals surface area contributed by atoms with Crippen LogP contribution in [0.3, 0.4) is 0 Å². The van der Waals surface area contributed by atoms with E-state index in [1.165, 1.54) is 0 Å². The number of hydrogen-bond acceptors (Lipinski definition) is 6. The van der Waals surface area contributed by atoms with Crippen molar-refractivity contribution in [1.82, 2.24) is 0 Å². The molecule has 13 heavy (non-hydrogen) atoms. The summed E-state index contributed by atoms with van der Waals surface area (Å²) >= 11 is 0. The average Bonchev–Trinajstić information content (AvgIpc) is 2.12. The Morgan fingerprint density at radius 3 is 2.08 bits per heavy atom. The highest BCUT2D eigenvalue weighted by Gasteiger charge is 2.27. The molecule has 7 heteroatoms. The summed E-state index contributed by atoms with van der Waals surface area (Å²) in [5.74, 6) is 0. The molecule has 0 saturated heterocycles. The van der Waals surface area contributed by atoms with Crippen LogP contribution in [-0.2, 0) is 4.79 Å². The van der Waals surface area contributed by atoms with Crippen LogP contribution in [-0.4, -0.2) is 57.7 Å². The Kier molecular flexibility index (Phi) is 8.43. The fraction of sp³-hybridized carbons (Fsp3) is 0.833. The van der Waals surface area contributed by atoms with E-state index in [-0.39, 0.29) is 18.7 Å². The van der Waals surface area contributed by atoms with Crippen LogP contribution in [0.25, 0.3) is 0 Å². The molecule has 4 atom stereocenters. The Morgan fingerprint density at radius 2 is 1.77 bits per heavy atom. The van der Waals surface area contributed by atoms with Crippen molar-refractivity contribution in [3.05, 3.63) is 0 Å². The Morgan fingerprint density at radius 1 is 1.31 bits per heavy atom. The van der Waals surface area contributed by atoms with Crippen molar-refractivity contribution >= 4 is 18.7 Å². The van der Waals surface area contributed by atoms with Crippen molar-refractivity contribution in [2.24, 2.45) is 5.73 Å². The van der Waals surface area contributed by atoms with Crippen LogP contribution < -0.4 is 5.73 Å². The molecule has 0 amide bonds. The molecule has 0 unspecified atom stereocenters. The average molecular weight is 216 g/mol. The van der Waals surface area contributed by atoms with Crippen LogP contribution in [0.15, 0.2) is 0 Å². The minimum Gasteiger partial charge on any atom is -0.394 e. The second kappa shape index (κ2) is 7.19. The summed E-state index contributed by atoms with van der Waals surface area (Å²) in [6, 6.07) is -1.29. The van der Waals surface area contributed by atoms with Crippen molar-refractivity contribution in [2.45, 2.75) is 24.4 Å². The van der Waals surface area contributed by atoms with Gasteiger partial charge in [0.15, 0.2) is 0 Å². The highest BCUT2D eigenvalue weighted by molar-refractivity contribution is 5.85. The smallest absolute Gasteiger partial charge is 0.150 e. The lowest BCUT2D eigenvalue weighted by Gasteiger charge is -2.23. The molecule has 0 radical (unpaired) electrons. The first-order valence-corrected chi connectivity index (χ1v) is 3.40. The van der Waals surface area contributed by atoms with E-state index in [0.29, 0.717) is 0 Å². The van der Waals surface area contributed by atoms with Crippen molar-refractivity contribution in [3.8, 4) is 0 Å². The van der Waals surface area contributed by atoms with Crippen LogP contribution >= 0.6 is 12.4 Å². The second-order valence-electron chi connectivity index (χ2n) is 2.44. The van der Waals surface area contributed by atoms with Crippen molar-refractivity contribution in [2.75, 3.05) is 6.61 Å². The van der Waals surface area contributed by atoms with Crippen molar-refractivity contribution in [1.29, 1.82) is 0 Å². The van der Waals surface area contributed by atoms with E-state index < -0.39 is 31.0 Å². The number of aliphatic hydroxyl groups is 4. The van der Waals surface area contributed by atoms with Crippen LogP contribution in [0.2, 0.25) is 0 Å². The Labute approximate surface area is 81.4 Å². The van der Waals surface area contributed by atoms with Gasteiger partial charge in [0.25, 0.3) is 0 Å². The van der Waals surface area contributed by atoms with Gasteiger partial charge in [0, 0.05) is 0 Å². The summed E-state index contributed by atoms with van der Waals surface area (Å²) in [6.07, 6.45) is -4.36. The fourth-order valence-corrected chi connectivity index (χ4v) is 0.657. The van der Waals surface area contributed by atoms with Gasteiger partial charge in [-0.2, -0.15) is 0 Å². The largest absolute Gasteiger partial charge is 0.394 e. The first-order chi connectivity index (χ1) is 5.54. The normalized spacial score (nSPS) is 19.5. The van der Waals surface area contributed by atoms with E-state index in [2.05, 4.69) is 0 Å². The van der Waals surface area contributed by atoms with Gasteiger partial charge in [-0.25, -0.2) is 0 Å². The molecule has 0 saturated carbocycles. The Bertz CT molecular complexity index is 147. The van der Waals surface area contributed by atoms with Crippen LogP contribution in [0, 0.1) is 0 Å². The van der Waals surface area contributed by atoms with Crippen LogP contribution in [0.5, 0.6) is 0 Å². The summed E-state index contributed by atoms with van der Waals surface area (Å²) < 4.78 is 0. The lowest BCUT2D eigenvalue weighted by atomic mass is 10.0. The molecule has 0 aromatic rings. The molecule has 0 aromatic carbocycles. The molecule has 0 aliphatic heterocycles. The summed E-state index contributed by atoms with van der Waals surface area (Å²) in [5, 5.41) is 35.0. The molecular formula is C6H14ClNO5. The minimum absolute atomic E-state index is 0. The monoisotopic (exact) mass is 215 g/mol. The van der Waals surface area contributed by atoms with Gasteiger partial charge in [0.05, 0.1) is 12.6 Å². The molecule has 0 fully saturated rings. The highest BCUT2D eigenvalue weighted by Crippen LogP contribution is 2.00. The summed E-state index contributed by atoms with van der Waals surface area (Å²) in [5.41, 5.74) is 5.15. The zero-order valence-electron chi connectivity index (χ0n) is 6.78. The number of aldehydes is 1. The van der Waals surface area contributed by atoms with E-state index in [4.69, 9.17) is 26.2 Å². The molecule has 0 bridgehead atoms. The second-order valence-corrected chi connectivity index (χ2v) is 2.44. The van der Waals surface area contributed by atoms with Gasteiger partial charge < -0.3 is 31.0 Å². The standard InChI is InChI=1S/C6H13NO5.ClH/c7-5(3(10)1-8)6(12)4(11)2-9;/h1,3-6,9-12H,2,7H2;1H/t3-,4+,5-,6+;/m0./s1. The first kappa shape index (κ1) is 15.2. The zero-order valence-corrected chi connectivity index (χ0v) is 7.59. The third-order valence-corrected chi connectivity index (χ3v) is 1.51. The topological polar surface area (TPSA) is 124 Å². The maximum Gasteiger partial charge on any atom is 0.150 e. The highest BCUT2D eigenvalue weighted by atomic mass is 35.5. The lowest BCUT2D eigenvalue weighted by Crippen LogP contribution is -2.51. The third-order valence-electron chi connectivity index (χ3n) is 1.51. The van der Waals surface area contributed by atoms with Gasteiger partial charge in [0.1, 0.15) is 24.6 Å². The molecule has 0 aromatic heterocycles. The molecule has 0 aliphatic carbocycles. The van der Waals surface area contributed by atoms with E-state index in [1.807, 2.05) is 0 Å². The molecule has 0 rings (SSSR count). The Balaban J connectivity index is 0. The van der Waals surface area contributed by atoms with E-state index in [9.17, 15) is 4.79 Å². The number of rotatable bonds is 5. The molecule has 80 valence electrons. The third kappa shape index (κ3) is 4.51. The fourth-order valence-electron chi connectivity index (χ4n) is 0.657. The predicted molar refractivity (Wildman–Crippen MR) is 46.4 cm³/mol. The van der Waals surface area contributed by atoms with E-state index in [0.717, 1.165) is 0 Å². The van der Waals surface area contributed by atoms with Gasteiger partial charge in [-0.1, -0.05) is 0 Å². The summed E-state index contributed by atoms with van der Waals surface area (Å²) in [4.78, 5) is 9.98. The van der Waals surface area contributed by atoms with E-state index in [1.54, 1.807) is 0 Å². The zero-order chi connectivity index (χ0) is 9.72. The Hall–Kier alpha value is -0.240. The maximum absolute atomic E-state index is 9.98. The molecule has 0 aliphatic rings. The molecular weight excluding hydrogens is 202 g/mol. The van der Waals surface area contributed by atoms with Crippen molar-refractivity contribution in [3.63, 3.8) is 0 Å². The summed E-state index contributed by atoms with van der Waals surface area (Å²) in [7, 11) is 0. The molecule has 0 heterocycles. The predicted octanol–water partition coefficient (Wildman–Crippen LogP) is -2.99. The lowest BCUT2D eigenvalue weighted by molar-refractivity contribution is -0.119. The van der Waals surface area contributed by atoms with Gasteiger partial charge in [-0.3, -0.25) is 0 Å². The van der Waals surface area contributed by atoms with Crippen LogP contribution in [0.1, 0.15) is 0 Å². The molecule has 6 N–H and O–H groups in total. The van der Waals surface area contributed by atoms with E-state index >= 15 is 0 Å². The van der Waals surface area contributed by atoms with Crippen LogP contribution in [0.4, 0.5) is 0 Å². The van der Waals surface area contributed by atoms with Gasteiger partial charge in [0.2, 0.25) is 0 Å². The number of hydrogen-bond donors (Lipinski definition) is 5. The number of carbonyl (C=O) groups excluding carboxylic acids is 1. The first-order valence-electron chi connectivity index (χ1n) is 3.40. The van der Waals surface area contributed by atoms with Gasteiger partial charge >= 0.3 is 0 Å². The number of aliphatic hydroxyl groups excluding tert-OH is 4. The summed E-state index contributed by atoms with van der Waals surface area (Å²) in [6.45, 7) is -0.680. The molecule has 6 nitrogen and oxygen atoms in total. The van der Waals surface area contributed by atoms with Crippen molar-refractivity contribution < 1.29 is 25.2 Å². The SMILES string of the molecule is Cl.N[C@H]([C@H](O)[C@H](O)CO)[C@@H](O)C=O. The number of halogens is 1. The minimum atomic E-state index is -1.54. The maximum atomic E-state index is 9.98. The number of carbonyl (C=O) groups is 1. The van der Waals surface area contributed by atoms with Gasteiger partial charge in [-0.15, -0.1) is 12.4 Å². The van der Waals surface area contributed by atoms with Gasteiger partial charge in [-0.05, 0) is 0 Å². The number of nitrogens with two attached hydrogens (primary N) is 1. The molecule has 0 spiro atoms. The quantitative estimate of drug-likeness (QED) is 0.312.